The van der Waals surface area contributed by atoms with Gasteiger partial charge in [-0.1, -0.05) is 54.6 Å². The van der Waals surface area contributed by atoms with E-state index in [1.54, 1.807) is 24.3 Å². The van der Waals surface area contributed by atoms with Gasteiger partial charge >= 0.3 is 5.72 Å². The molecular weight excluding hydrogens is 306 g/mol. The first-order chi connectivity index (χ1) is 11.7. The topological polar surface area (TPSA) is 61.6 Å². The highest BCUT2D eigenvalue weighted by atomic mass is 16.7. The van der Waals surface area contributed by atoms with Gasteiger partial charge in [-0.2, -0.15) is 0 Å². The van der Waals surface area contributed by atoms with E-state index in [0.717, 1.165) is 5.56 Å². The average molecular weight is 323 g/mol. The zero-order valence-electron chi connectivity index (χ0n) is 13.0. The highest BCUT2D eigenvalue weighted by Gasteiger charge is 2.43. The van der Waals surface area contributed by atoms with Crippen LogP contribution in [0.5, 0.6) is 5.75 Å². The van der Waals surface area contributed by atoms with E-state index in [2.05, 4.69) is 0 Å². The van der Waals surface area contributed by atoms with Gasteiger partial charge in [-0.15, -0.1) is 0 Å². The molecule has 0 aromatic heterocycles. The zero-order valence-corrected chi connectivity index (χ0v) is 13.0. The Morgan fingerprint density at radius 1 is 1.04 bits per heavy atom. The van der Waals surface area contributed by atoms with Crippen LogP contribution in [-0.4, -0.2) is 10.6 Å². The Hall–Kier alpha value is -2.92. The molecule has 1 aliphatic rings. The van der Waals surface area contributed by atoms with E-state index in [1.165, 1.54) is 6.08 Å². The fourth-order valence-electron chi connectivity index (χ4n) is 2.42. The zero-order chi connectivity index (χ0) is 16.8. The lowest BCUT2D eigenvalue weighted by Crippen LogP contribution is -2.40. The van der Waals surface area contributed by atoms with Crippen LogP contribution in [0.25, 0.3) is 0 Å². The largest absolute Gasteiger partial charge is 0.457 e. The molecule has 1 atom stereocenters. The molecule has 0 spiro atoms. The molecule has 1 aliphatic carbocycles. The lowest BCUT2D eigenvalue weighted by atomic mass is 10.0. The summed E-state index contributed by atoms with van der Waals surface area (Å²) in [6.07, 6.45) is 5.02. The number of rotatable bonds is 6. The smallest absolute Gasteiger partial charge is 0.352 e. The van der Waals surface area contributed by atoms with Crippen molar-refractivity contribution in [2.45, 2.75) is 18.8 Å². The van der Waals surface area contributed by atoms with Gasteiger partial charge in [-0.3, -0.25) is 10.1 Å². The molecule has 0 radical (unpaired) electrons. The van der Waals surface area contributed by atoms with Crippen LogP contribution < -0.4 is 4.74 Å². The van der Waals surface area contributed by atoms with Crippen LogP contribution in [0.2, 0.25) is 0 Å². The number of hydrogen-bond acceptors (Lipinski definition) is 4. The van der Waals surface area contributed by atoms with Crippen LogP contribution in [0.15, 0.2) is 84.7 Å². The third-order valence-electron chi connectivity index (χ3n) is 3.68. The molecule has 122 valence electrons. The number of ether oxygens (including phenoxy) is 2. The standard InChI is InChI=1S/C19H17NO4/c21-20(22)19(23-15-16-8-3-1-4-9-16)13-7-12-18(14-19)24-17-10-5-2-6-11-17/h1-12,14H,13,15H2. The molecule has 0 saturated heterocycles. The minimum Gasteiger partial charge on any atom is -0.457 e. The van der Waals surface area contributed by atoms with Crippen LogP contribution in [0.4, 0.5) is 0 Å². The van der Waals surface area contributed by atoms with Gasteiger partial charge < -0.3 is 9.47 Å². The summed E-state index contributed by atoms with van der Waals surface area (Å²) in [7, 11) is 0. The number of nitrogens with zero attached hydrogens (tertiary/aromatic N) is 1. The fourth-order valence-corrected chi connectivity index (χ4v) is 2.42. The molecule has 0 amide bonds. The Kier molecular flexibility index (Phi) is 4.72. The number of benzene rings is 2. The Morgan fingerprint density at radius 3 is 2.38 bits per heavy atom. The van der Waals surface area contributed by atoms with Gasteiger partial charge in [0, 0.05) is 0 Å². The first-order valence-corrected chi connectivity index (χ1v) is 7.63. The van der Waals surface area contributed by atoms with E-state index in [0.29, 0.717) is 11.5 Å². The van der Waals surface area contributed by atoms with Crippen molar-refractivity contribution < 1.29 is 14.4 Å². The SMILES string of the molecule is O=[N+]([O-])C1(OCc2ccccc2)C=C(Oc2ccccc2)C=CC1. The summed E-state index contributed by atoms with van der Waals surface area (Å²) in [5, 5.41) is 11.6. The van der Waals surface area contributed by atoms with E-state index in [1.807, 2.05) is 48.5 Å². The molecule has 5 nitrogen and oxygen atoms in total. The molecule has 0 N–H and O–H groups in total. The van der Waals surface area contributed by atoms with Gasteiger partial charge in [0.25, 0.3) is 0 Å². The minimum atomic E-state index is -1.62. The maximum atomic E-state index is 11.6. The summed E-state index contributed by atoms with van der Waals surface area (Å²) >= 11 is 0. The predicted octanol–water partition coefficient (Wildman–Crippen LogP) is 4.10. The fraction of sp³-hybridized carbons (Fsp3) is 0.158. The van der Waals surface area contributed by atoms with Crippen molar-refractivity contribution in [1.29, 1.82) is 0 Å². The summed E-state index contributed by atoms with van der Waals surface area (Å²) < 4.78 is 11.4. The van der Waals surface area contributed by atoms with Crippen molar-refractivity contribution in [3.05, 3.63) is 100 Å². The molecule has 24 heavy (non-hydrogen) atoms. The first-order valence-electron chi connectivity index (χ1n) is 7.63. The maximum absolute atomic E-state index is 11.6. The summed E-state index contributed by atoms with van der Waals surface area (Å²) in [5.41, 5.74) is -0.735. The van der Waals surface area contributed by atoms with Crippen molar-refractivity contribution in [3.63, 3.8) is 0 Å². The summed E-state index contributed by atoms with van der Waals surface area (Å²) in [5.74, 6) is 1.02. The van der Waals surface area contributed by atoms with Crippen molar-refractivity contribution in [3.8, 4) is 5.75 Å². The van der Waals surface area contributed by atoms with Crippen molar-refractivity contribution in [2.75, 3.05) is 0 Å². The van der Waals surface area contributed by atoms with Gasteiger partial charge in [0.1, 0.15) is 11.5 Å². The molecule has 2 aromatic rings. The van der Waals surface area contributed by atoms with E-state index in [-0.39, 0.29) is 13.0 Å². The van der Waals surface area contributed by atoms with Crippen molar-refractivity contribution in [2.24, 2.45) is 0 Å². The van der Waals surface area contributed by atoms with Gasteiger partial charge in [-0.05, 0) is 23.8 Å². The van der Waals surface area contributed by atoms with Crippen LogP contribution in [-0.2, 0) is 11.3 Å². The van der Waals surface area contributed by atoms with Crippen LogP contribution in [0, 0.1) is 10.1 Å². The van der Waals surface area contributed by atoms with Crippen molar-refractivity contribution in [1.82, 2.24) is 0 Å². The maximum Gasteiger partial charge on any atom is 0.352 e. The number of para-hydroxylation sites is 1. The lowest BCUT2D eigenvalue weighted by Gasteiger charge is -2.24. The normalized spacial score (nSPS) is 19.6. The number of allylic oxidation sites excluding steroid dienone is 1. The predicted molar refractivity (Wildman–Crippen MR) is 89.9 cm³/mol. The van der Waals surface area contributed by atoms with E-state index < -0.39 is 10.6 Å². The monoisotopic (exact) mass is 323 g/mol. The molecular formula is C19H17NO4. The Balaban J connectivity index is 1.78. The Bertz CT molecular complexity index is 755. The van der Waals surface area contributed by atoms with Gasteiger partial charge in [0.05, 0.1) is 24.0 Å². The average Bonchev–Trinajstić information content (AvgIpc) is 2.62. The second kappa shape index (κ2) is 7.10. The Morgan fingerprint density at radius 2 is 1.71 bits per heavy atom. The second-order valence-electron chi connectivity index (χ2n) is 5.44. The molecule has 2 aromatic carbocycles. The molecule has 0 aliphatic heterocycles. The van der Waals surface area contributed by atoms with E-state index >= 15 is 0 Å². The van der Waals surface area contributed by atoms with E-state index in [9.17, 15) is 10.1 Å². The minimum absolute atomic E-state index is 0.158. The quantitative estimate of drug-likeness (QED) is 0.456. The molecule has 0 saturated carbocycles. The number of nitro groups is 1. The summed E-state index contributed by atoms with van der Waals surface area (Å²) in [4.78, 5) is 11.2. The first kappa shape index (κ1) is 16.0. The molecule has 5 heteroatoms. The Labute approximate surface area is 140 Å². The molecule has 0 fully saturated rings. The van der Waals surface area contributed by atoms with Crippen LogP contribution in [0.3, 0.4) is 0 Å². The van der Waals surface area contributed by atoms with Crippen LogP contribution in [0.1, 0.15) is 12.0 Å². The summed E-state index contributed by atoms with van der Waals surface area (Å²) in [6.45, 7) is 0.158. The highest BCUT2D eigenvalue weighted by Crippen LogP contribution is 2.29. The van der Waals surface area contributed by atoms with Crippen molar-refractivity contribution >= 4 is 0 Å². The highest BCUT2D eigenvalue weighted by molar-refractivity contribution is 5.29. The van der Waals surface area contributed by atoms with Gasteiger partial charge in [-0.25, -0.2) is 0 Å². The third kappa shape index (κ3) is 3.70. The molecule has 3 rings (SSSR count). The molecule has 0 heterocycles. The van der Waals surface area contributed by atoms with Crippen LogP contribution >= 0.6 is 0 Å². The lowest BCUT2D eigenvalue weighted by molar-refractivity contribution is -0.615. The molecule has 1 unspecified atom stereocenters. The summed E-state index contributed by atoms with van der Waals surface area (Å²) in [6, 6.07) is 18.5. The number of hydrogen-bond donors (Lipinski definition) is 0. The van der Waals surface area contributed by atoms with E-state index in [4.69, 9.17) is 9.47 Å². The third-order valence-corrected chi connectivity index (χ3v) is 3.68. The second-order valence-corrected chi connectivity index (χ2v) is 5.44. The molecule has 0 bridgehead atoms. The van der Waals surface area contributed by atoms with Gasteiger partial charge in [0.15, 0.2) is 0 Å². The van der Waals surface area contributed by atoms with Gasteiger partial charge in [0.2, 0.25) is 0 Å².